The summed E-state index contributed by atoms with van der Waals surface area (Å²) >= 11 is 8.97. The molecule has 0 heterocycles. The summed E-state index contributed by atoms with van der Waals surface area (Å²) in [6.45, 7) is 0.449. The third kappa shape index (κ3) is 3.41. The molecule has 0 saturated heterocycles. The van der Waals surface area contributed by atoms with Crippen LogP contribution in [0.15, 0.2) is 21.5 Å². The highest BCUT2D eigenvalue weighted by Crippen LogP contribution is 2.32. The Labute approximate surface area is 137 Å². The van der Waals surface area contributed by atoms with Gasteiger partial charge in [-0.2, -0.15) is 0 Å². The van der Waals surface area contributed by atoms with Crippen molar-refractivity contribution in [3.8, 4) is 0 Å². The van der Waals surface area contributed by atoms with Crippen molar-refractivity contribution in [1.82, 2.24) is 4.31 Å². The van der Waals surface area contributed by atoms with Crippen molar-refractivity contribution in [2.75, 3.05) is 13.6 Å². The number of hydrogen-bond donors (Lipinski definition) is 1. The van der Waals surface area contributed by atoms with Crippen LogP contribution in [0.4, 0.5) is 0 Å². The molecule has 0 amide bonds. The summed E-state index contributed by atoms with van der Waals surface area (Å²) in [4.78, 5) is 11.1. The summed E-state index contributed by atoms with van der Waals surface area (Å²) in [5, 5.41) is 9.09. The minimum Gasteiger partial charge on any atom is -0.478 e. The molecule has 0 bridgehead atoms. The van der Waals surface area contributed by atoms with Crippen LogP contribution in [0.3, 0.4) is 0 Å². The van der Waals surface area contributed by atoms with Crippen molar-refractivity contribution < 1.29 is 18.3 Å². The van der Waals surface area contributed by atoms with E-state index in [1.807, 2.05) is 0 Å². The number of aromatic carboxylic acids is 1. The Morgan fingerprint density at radius 2 is 2.10 bits per heavy atom. The van der Waals surface area contributed by atoms with Crippen molar-refractivity contribution >= 4 is 43.5 Å². The molecule has 0 aliphatic heterocycles. The van der Waals surface area contributed by atoms with E-state index in [9.17, 15) is 13.2 Å². The number of carboxylic acids is 1. The molecule has 8 heteroatoms. The van der Waals surface area contributed by atoms with E-state index in [0.29, 0.717) is 12.5 Å². The highest BCUT2D eigenvalue weighted by Gasteiger charge is 2.28. The van der Waals surface area contributed by atoms with Gasteiger partial charge in [0.25, 0.3) is 0 Å². The first-order valence-corrected chi connectivity index (χ1v) is 9.03. The third-order valence-electron chi connectivity index (χ3n) is 3.68. The second kappa shape index (κ2) is 6.24. The molecule has 116 valence electrons. The van der Waals surface area contributed by atoms with Gasteiger partial charge >= 0.3 is 5.97 Å². The standard InChI is InChI=1S/C13H15BrClNO4S/c1-16(7-8-3-2-4-8)21(19,20)9-5-10(13(17)18)12(15)11(14)6-9/h5-6,8H,2-4,7H2,1H3,(H,17,18). The van der Waals surface area contributed by atoms with Crippen molar-refractivity contribution in [2.45, 2.75) is 24.2 Å². The molecule has 0 aromatic heterocycles. The summed E-state index contributed by atoms with van der Waals surface area (Å²) in [6, 6.07) is 2.43. The van der Waals surface area contributed by atoms with Crippen LogP contribution in [0.2, 0.25) is 5.02 Å². The number of carboxylic acid groups (broad SMARTS) is 1. The summed E-state index contributed by atoms with van der Waals surface area (Å²) < 4.78 is 26.6. The van der Waals surface area contributed by atoms with Gasteiger partial charge in [-0.25, -0.2) is 17.5 Å². The van der Waals surface area contributed by atoms with Crippen LogP contribution in [0.1, 0.15) is 29.6 Å². The molecular weight excluding hydrogens is 382 g/mol. The largest absolute Gasteiger partial charge is 0.478 e. The fraction of sp³-hybridized carbons (Fsp3) is 0.462. The highest BCUT2D eigenvalue weighted by molar-refractivity contribution is 9.10. The quantitative estimate of drug-likeness (QED) is 0.829. The minimum atomic E-state index is -3.72. The molecule has 0 spiro atoms. The summed E-state index contributed by atoms with van der Waals surface area (Å²) in [5.41, 5.74) is -0.235. The Bertz CT molecular complexity index is 673. The van der Waals surface area contributed by atoms with E-state index in [4.69, 9.17) is 16.7 Å². The lowest BCUT2D eigenvalue weighted by atomic mass is 9.86. The average Bonchev–Trinajstić information content (AvgIpc) is 2.35. The van der Waals surface area contributed by atoms with Gasteiger partial charge < -0.3 is 5.11 Å². The van der Waals surface area contributed by atoms with Crippen LogP contribution in [0, 0.1) is 5.92 Å². The second-order valence-corrected chi connectivity index (χ2v) is 8.43. The molecule has 21 heavy (non-hydrogen) atoms. The Balaban J connectivity index is 2.37. The first-order chi connectivity index (χ1) is 9.73. The number of hydrogen-bond acceptors (Lipinski definition) is 3. The van der Waals surface area contributed by atoms with Crippen molar-refractivity contribution in [3.63, 3.8) is 0 Å². The molecule has 1 aliphatic rings. The third-order valence-corrected chi connectivity index (χ3v) is 6.74. The lowest BCUT2D eigenvalue weighted by Crippen LogP contribution is -2.34. The van der Waals surface area contributed by atoms with Gasteiger partial charge in [-0.15, -0.1) is 0 Å². The van der Waals surface area contributed by atoms with Crippen LogP contribution in [-0.4, -0.2) is 37.4 Å². The topological polar surface area (TPSA) is 74.7 Å². The molecule has 0 radical (unpaired) electrons. The molecule has 1 aromatic rings. The predicted octanol–water partition coefficient (Wildman–Crippen LogP) is 3.22. The molecule has 1 aliphatic carbocycles. The van der Waals surface area contributed by atoms with Crippen LogP contribution < -0.4 is 0 Å². The first-order valence-electron chi connectivity index (χ1n) is 6.42. The normalized spacial score (nSPS) is 16.0. The van der Waals surface area contributed by atoms with Gasteiger partial charge in [-0.1, -0.05) is 18.0 Å². The Hall–Kier alpha value is -0.630. The lowest BCUT2D eigenvalue weighted by molar-refractivity contribution is 0.0696. The fourth-order valence-corrected chi connectivity index (χ4v) is 4.29. The Kier molecular flexibility index (Phi) is 4.97. The predicted molar refractivity (Wildman–Crippen MR) is 83.3 cm³/mol. The van der Waals surface area contributed by atoms with Gasteiger partial charge in [0.05, 0.1) is 15.5 Å². The number of rotatable bonds is 5. The number of nitrogens with zero attached hydrogens (tertiary/aromatic N) is 1. The van der Waals surface area contributed by atoms with E-state index in [2.05, 4.69) is 15.9 Å². The smallest absolute Gasteiger partial charge is 0.337 e. The SMILES string of the molecule is CN(CC1CCC1)S(=O)(=O)c1cc(Br)c(Cl)c(C(=O)O)c1. The van der Waals surface area contributed by atoms with Crippen molar-refractivity contribution in [3.05, 3.63) is 27.2 Å². The van der Waals surface area contributed by atoms with Crippen LogP contribution >= 0.6 is 27.5 Å². The lowest BCUT2D eigenvalue weighted by Gasteiger charge is -2.29. The monoisotopic (exact) mass is 395 g/mol. The summed E-state index contributed by atoms with van der Waals surface area (Å²) in [5.74, 6) is -0.876. The van der Waals surface area contributed by atoms with Gasteiger partial charge in [-0.3, -0.25) is 0 Å². The van der Waals surface area contributed by atoms with Crippen LogP contribution in [0.25, 0.3) is 0 Å². The van der Waals surface area contributed by atoms with Gasteiger partial charge in [0.15, 0.2) is 0 Å². The number of halogens is 2. The molecule has 1 saturated carbocycles. The van der Waals surface area contributed by atoms with E-state index in [-0.39, 0.29) is 20.0 Å². The Morgan fingerprint density at radius 1 is 1.48 bits per heavy atom. The van der Waals surface area contributed by atoms with Gasteiger partial charge in [0.1, 0.15) is 0 Å². The highest BCUT2D eigenvalue weighted by atomic mass is 79.9. The molecule has 1 aromatic carbocycles. The maximum Gasteiger partial charge on any atom is 0.337 e. The molecular formula is C13H15BrClNO4S. The average molecular weight is 397 g/mol. The second-order valence-electron chi connectivity index (χ2n) is 5.15. The van der Waals surface area contributed by atoms with Gasteiger partial charge in [-0.05, 0) is 46.8 Å². The zero-order valence-electron chi connectivity index (χ0n) is 11.3. The molecule has 0 unspecified atom stereocenters. The van der Waals surface area contributed by atoms with Crippen LogP contribution in [-0.2, 0) is 10.0 Å². The maximum absolute atomic E-state index is 12.5. The number of sulfonamides is 1. The summed E-state index contributed by atoms with van der Waals surface area (Å²) in [7, 11) is -2.21. The zero-order chi connectivity index (χ0) is 15.8. The summed E-state index contributed by atoms with van der Waals surface area (Å²) in [6.07, 6.45) is 3.20. The van der Waals surface area contributed by atoms with Gasteiger partial charge in [0, 0.05) is 18.1 Å². The van der Waals surface area contributed by atoms with Crippen LogP contribution in [0.5, 0.6) is 0 Å². The minimum absolute atomic E-state index is 0.0110. The number of benzene rings is 1. The van der Waals surface area contributed by atoms with E-state index < -0.39 is 16.0 Å². The first kappa shape index (κ1) is 16.7. The maximum atomic E-state index is 12.5. The van der Waals surface area contributed by atoms with E-state index in [1.165, 1.54) is 17.4 Å². The molecule has 1 N–H and O–H groups in total. The van der Waals surface area contributed by atoms with Crippen molar-refractivity contribution in [2.24, 2.45) is 5.92 Å². The molecule has 0 atom stereocenters. The number of carbonyl (C=O) groups is 1. The molecule has 2 rings (SSSR count). The Morgan fingerprint density at radius 3 is 2.57 bits per heavy atom. The fourth-order valence-electron chi connectivity index (χ4n) is 2.19. The van der Waals surface area contributed by atoms with E-state index >= 15 is 0 Å². The molecule has 1 fully saturated rings. The van der Waals surface area contributed by atoms with E-state index in [0.717, 1.165) is 25.3 Å². The van der Waals surface area contributed by atoms with Gasteiger partial charge in [0.2, 0.25) is 10.0 Å². The van der Waals surface area contributed by atoms with Crippen molar-refractivity contribution in [1.29, 1.82) is 0 Å². The zero-order valence-corrected chi connectivity index (χ0v) is 14.5. The molecule has 5 nitrogen and oxygen atoms in total. The van der Waals surface area contributed by atoms with E-state index in [1.54, 1.807) is 0 Å².